The molecule has 2 aromatic rings. The van der Waals surface area contributed by atoms with Gasteiger partial charge in [0.25, 0.3) is 5.91 Å². The Hall–Kier alpha value is -2.86. The number of rotatable bonds is 9. The Balaban J connectivity index is 1.10. The number of anilines is 1. The molecule has 0 radical (unpaired) electrons. The van der Waals surface area contributed by atoms with Crippen LogP contribution < -0.4 is 10.2 Å². The summed E-state index contributed by atoms with van der Waals surface area (Å²) in [5.74, 6) is -0.375. The van der Waals surface area contributed by atoms with E-state index in [4.69, 9.17) is 14.5 Å². The molecule has 6 rings (SSSR count). The van der Waals surface area contributed by atoms with E-state index in [1.807, 2.05) is 12.1 Å². The molecule has 10 nitrogen and oxygen atoms in total. The van der Waals surface area contributed by atoms with E-state index >= 15 is 0 Å². The fraction of sp³-hybridized carbons (Fsp3) is 0.600. The molecule has 3 saturated heterocycles. The van der Waals surface area contributed by atoms with Gasteiger partial charge in [0.15, 0.2) is 10.9 Å². The molecular weight excluding hydrogens is 542 g/mol. The highest BCUT2D eigenvalue weighted by molar-refractivity contribution is 7.14. The second-order valence-electron chi connectivity index (χ2n) is 11.5. The van der Waals surface area contributed by atoms with Crippen LogP contribution in [-0.2, 0) is 19.1 Å². The number of nitrogens with zero attached hydrogens (tertiary/aromatic N) is 4. The molecule has 0 unspecified atom stereocenters. The van der Waals surface area contributed by atoms with E-state index in [0.29, 0.717) is 18.5 Å². The number of piperazine rings is 1. The maximum atomic E-state index is 13.7. The van der Waals surface area contributed by atoms with Crippen LogP contribution in [0, 0.1) is 5.92 Å². The van der Waals surface area contributed by atoms with Crippen molar-refractivity contribution in [3.63, 3.8) is 0 Å². The first kappa shape index (κ1) is 28.3. The van der Waals surface area contributed by atoms with Crippen LogP contribution in [0.25, 0.3) is 11.3 Å². The molecule has 3 aliphatic heterocycles. The molecule has 220 valence electrons. The number of hydrogen-bond acceptors (Lipinski definition) is 9. The van der Waals surface area contributed by atoms with Gasteiger partial charge in [0.05, 0.1) is 18.4 Å². The molecule has 0 bridgehead atoms. The standard InChI is InChI=1S/C30H39N5O5S/c1-39-17-16-33-12-14-34(15-13-33)30-31-23(19-41-30)20-6-8-22(9-7-20)28(37)32-26(21-4-2-3-5-21)29(38)35-11-10-25-27(35)24(36)18-40-25/h6-9,19,21,25-27H,2-5,10-18H2,1H3,(H,32,37)/t25-,26+,27-/m1/s1. The van der Waals surface area contributed by atoms with Crippen LogP contribution in [0.1, 0.15) is 42.5 Å². The zero-order chi connectivity index (χ0) is 28.3. The number of hydrogen-bond donors (Lipinski definition) is 1. The first-order valence-electron chi connectivity index (χ1n) is 14.8. The Bertz CT molecular complexity index is 1240. The Morgan fingerprint density at radius 1 is 1.10 bits per heavy atom. The smallest absolute Gasteiger partial charge is 0.251 e. The highest BCUT2D eigenvalue weighted by Crippen LogP contribution is 2.33. The Labute approximate surface area is 245 Å². The number of carbonyl (C=O) groups is 3. The number of carbonyl (C=O) groups excluding carboxylic acids is 3. The normalized spacial score (nSPS) is 24.2. The lowest BCUT2D eigenvalue weighted by Gasteiger charge is -2.34. The molecule has 3 atom stereocenters. The van der Waals surface area contributed by atoms with Crippen molar-refractivity contribution in [2.75, 3.05) is 64.5 Å². The lowest BCUT2D eigenvalue weighted by molar-refractivity contribution is -0.139. The number of amides is 2. The number of methoxy groups -OCH3 is 1. The van der Waals surface area contributed by atoms with Crippen molar-refractivity contribution in [3.05, 3.63) is 35.2 Å². The highest BCUT2D eigenvalue weighted by Gasteiger charge is 2.49. The number of aromatic nitrogens is 1. The molecule has 1 N–H and O–H groups in total. The number of benzene rings is 1. The van der Waals surface area contributed by atoms with Crippen molar-refractivity contribution in [2.45, 2.75) is 50.3 Å². The van der Waals surface area contributed by atoms with Gasteiger partial charge in [-0.3, -0.25) is 19.3 Å². The molecule has 4 aliphatic rings. The van der Waals surface area contributed by atoms with E-state index in [0.717, 1.165) is 81.4 Å². The topological polar surface area (TPSA) is 104 Å². The van der Waals surface area contributed by atoms with Crippen LogP contribution in [0.5, 0.6) is 0 Å². The van der Waals surface area contributed by atoms with Gasteiger partial charge in [-0.15, -0.1) is 11.3 Å². The van der Waals surface area contributed by atoms with Gasteiger partial charge in [-0.1, -0.05) is 25.0 Å². The van der Waals surface area contributed by atoms with Gasteiger partial charge in [0.2, 0.25) is 5.91 Å². The van der Waals surface area contributed by atoms with Crippen LogP contribution >= 0.6 is 11.3 Å². The third kappa shape index (κ3) is 6.04. The van der Waals surface area contributed by atoms with Crippen LogP contribution in [-0.4, -0.2) is 110 Å². The molecule has 11 heteroatoms. The summed E-state index contributed by atoms with van der Waals surface area (Å²) >= 11 is 1.64. The number of thiazole rings is 1. The van der Waals surface area contributed by atoms with Gasteiger partial charge < -0.3 is 24.6 Å². The van der Waals surface area contributed by atoms with E-state index in [1.165, 1.54) is 0 Å². The summed E-state index contributed by atoms with van der Waals surface area (Å²) < 4.78 is 10.8. The van der Waals surface area contributed by atoms with E-state index in [9.17, 15) is 14.4 Å². The summed E-state index contributed by atoms with van der Waals surface area (Å²) in [7, 11) is 1.74. The quantitative estimate of drug-likeness (QED) is 0.482. The third-order valence-electron chi connectivity index (χ3n) is 9.01. The van der Waals surface area contributed by atoms with Crippen molar-refractivity contribution < 1.29 is 23.9 Å². The largest absolute Gasteiger partial charge is 0.383 e. The fourth-order valence-corrected chi connectivity index (χ4v) is 7.52. The molecule has 1 aromatic heterocycles. The second kappa shape index (κ2) is 12.6. The number of Topliss-reactive ketones (excluding diaryl/α,β-unsaturated/α-hetero) is 1. The van der Waals surface area contributed by atoms with Crippen molar-refractivity contribution in [3.8, 4) is 11.3 Å². The minimum Gasteiger partial charge on any atom is -0.383 e. The molecule has 1 aliphatic carbocycles. The minimum atomic E-state index is -0.632. The Morgan fingerprint density at radius 3 is 2.59 bits per heavy atom. The van der Waals surface area contributed by atoms with Gasteiger partial charge in [-0.25, -0.2) is 4.98 Å². The van der Waals surface area contributed by atoms with E-state index in [2.05, 4.69) is 20.5 Å². The lowest BCUT2D eigenvalue weighted by atomic mass is 9.95. The van der Waals surface area contributed by atoms with Gasteiger partial charge >= 0.3 is 0 Å². The van der Waals surface area contributed by atoms with Crippen molar-refractivity contribution in [1.82, 2.24) is 20.1 Å². The van der Waals surface area contributed by atoms with Crippen molar-refractivity contribution in [1.29, 1.82) is 0 Å². The zero-order valence-electron chi connectivity index (χ0n) is 23.6. The minimum absolute atomic E-state index is 0.0394. The predicted molar refractivity (Wildman–Crippen MR) is 156 cm³/mol. The second-order valence-corrected chi connectivity index (χ2v) is 12.3. The maximum Gasteiger partial charge on any atom is 0.251 e. The first-order valence-corrected chi connectivity index (χ1v) is 15.7. The summed E-state index contributed by atoms with van der Waals surface area (Å²) in [6.07, 6.45) is 4.35. The van der Waals surface area contributed by atoms with Crippen LogP contribution in [0.2, 0.25) is 0 Å². The summed E-state index contributed by atoms with van der Waals surface area (Å²) in [5, 5.41) is 6.13. The van der Waals surface area contributed by atoms with Crippen molar-refractivity contribution in [2.24, 2.45) is 5.92 Å². The monoisotopic (exact) mass is 581 g/mol. The Kier molecular flexibility index (Phi) is 8.66. The summed E-state index contributed by atoms with van der Waals surface area (Å²) in [6, 6.07) is 6.30. The fourth-order valence-electron chi connectivity index (χ4n) is 6.63. The molecule has 41 heavy (non-hydrogen) atoms. The van der Waals surface area contributed by atoms with Gasteiger partial charge in [0, 0.05) is 62.9 Å². The average Bonchev–Trinajstić information content (AvgIpc) is 3.82. The number of nitrogens with one attached hydrogen (secondary N) is 1. The zero-order valence-corrected chi connectivity index (χ0v) is 24.4. The highest BCUT2D eigenvalue weighted by atomic mass is 32.1. The van der Waals surface area contributed by atoms with Crippen LogP contribution in [0.4, 0.5) is 5.13 Å². The number of ketones is 1. The predicted octanol–water partition coefficient (Wildman–Crippen LogP) is 2.44. The summed E-state index contributed by atoms with van der Waals surface area (Å²) in [6.45, 7) is 6.14. The van der Waals surface area contributed by atoms with Crippen LogP contribution in [0.3, 0.4) is 0 Å². The molecule has 4 fully saturated rings. The molecule has 1 saturated carbocycles. The number of likely N-dealkylation sites (tertiary alicyclic amines) is 1. The van der Waals surface area contributed by atoms with E-state index in [-0.39, 0.29) is 36.2 Å². The molecule has 2 amide bonds. The number of ether oxygens (including phenoxy) is 2. The SMILES string of the molecule is COCCN1CCN(c2nc(-c3ccc(C(=O)N[C@H](C(=O)N4CC[C@H]5OCC(=O)[C@H]54)C4CCCC4)cc3)cs2)CC1. The molecule has 4 heterocycles. The summed E-state index contributed by atoms with van der Waals surface area (Å²) in [4.78, 5) is 50.8. The van der Waals surface area contributed by atoms with Crippen molar-refractivity contribution >= 4 is 34.1 Å². The first-order chi connectivity index (χ1) is 20.0. The average molecular weight is 582 g/mol. The van der Waals surface area contributed by atoms with Gasteiger partial charge in [0.1, 0.15) is 18.7 Å². The maximum absolute atomic E-state index is 13.7. The molecule has 1 aromatic carbocycles. The van der Waals surface area contributed by atoms with E-state index in [1.54, 1.807) is 35.5 Å². The number of fused-ring (bicyclic) bond motifs is 1. The lowest BCUT2D eigenvalue weighted by Crippen LogP contribution is -2.54. The summed E-state index contributed by atoms with van der Waals surface area (Å²) in [5.41, 5.74) is 2.35. The van der Waals surface area contributed by atoms with Crippen LogP contribution in [0.15, 0.2) is 29.6 Å². The van der Waals surface area contributed by atoms with Gasteiger partial charge in [-0.05, 0) is 37.3 Å². The van der Waals surface area contributed by atoms with E-state index < -0.39 is 12.1 Å². The molecule has 0 spiro atoms. The third-order valence-corrected chi connectivity index (χ3v) is 9.91. The Morgan fingerprint density at radius 2 is 1.85 bits per heavy atom. The van der Waals surface area contributed by atoms with Gasteiger partial charge in [-0.2, -0.15) is 0 Å². The molecular formula is C30H39N5O5S.